The standard InChI is InChI=1S/C15H18ClN3O/c16-13-6-5-12(10-17)14(9-13)18-15(20)11-19-7-3-1-2-4-8-19/h5-6,9H,1-4,7-8,11H2,(H,18,20). The Balaban J connectivity index is 1.97. The number of hydrogen-bond donors (Lipinski definition) is 1. The Morgan fingerprint density at radius 1 is 1.30 bits per heavy atom. The van der Waals surface area contributed by atoms with Gasteiger partial charge in [0.25, 0.3) is 0 Å². The van der Waals surface area contributed by atoms with E-state index in [0.29, 0.717) is 22.8 Å². The van der Waals surface area contributed by atoms with Gasteiger partial charge in [0, 0.05) is 5.02 Å². The van der Waals surface area contributed by atoms with E-state index in [1.807, 2.05) is 0 Å². The molecule has 0 bridgehead atoms. The number of benzene rings is 1. The second-order valence-electron chi connectivity index (χ2n) is 5.04. The number of halogens is 1. The Kier molecular flexibility index (Phi) is 5.40. The van der Waals surface area contributed by atoms with Crippen LogP contribution in [0.25, 0.3) is 0 Å². The molecule has 0 unspecified atom stereocenters. The molecule has 0 radical (unpaired) electrons. The van der Waals surface area contributed by atoms with Crippen LogP contribution in [-0.2, 0) is 4.79 Å². The van der Waals surface area contributed by atoms with Gasteiger partial charge in [0.15, 0.2) is 0 Å². The summed E-state index contributed by atoms with van der Waals surface area (Å²) in [6.45, 7) is 2.31. The summed E-state index contributed by atoms with van der Waals surface area (Å²) >= 11 is 5.90. The lowest BCUT2D eigenvalue weighted by Gasteiger charge is -2.19. The second-order valence-corrected chi connectivity index (χ2v) is 5.48. The topological polar surface area (TPSA) is 56.1 Å². The van der Waals surface area contributed by atoms with Crippen molar-refractivity contribution in [3.63, 3.8) is 0 Å². The fraction of sp³-hybridized carbons (Fsp3) is 0.467. The lowest BCUT2D eigenvalue weighted by atomic mass is 10.2. The van der Waals surface area contributed by atoms with Gasteiger partial charge in [0.05, 0.1) is 17.8 Å². The fourth-order valence-electron chi connectivity index (χ4n) is 2.40. The van der Waals surface area contributed by atoms with Crippen molar-refractivity contribution in [3.05, 3.63) is 28.8 Å². The van der Waals surface area contributed by atoms with Gasteiger partial charge in [0.1, 0.15) is 6.07 Å². The number of nitriles is 1. The molecular formula is C15H18ClN3O. The van der Waals surface area contributed by atoms with Crippen LogP contribution in [0.2, 0.25) is 5.02 Å². The Morgan fingerprint density at radius 3 is 2.65 bits per heavy atom. The Bertz CT molecular complexity index is 516. The third kappa shape index (κ3) is 4.22. The second kappa shape index (κ2) is 7.28. The van der Waals surface area contributed by atoms with E-state index in [1.165, 1.54) is 12.8 Å². The molecule has 0 aromatic heterocycles. The summed E-state index contributed by atoms with van der Waals surface area (Å²) in [5.74, 6) is -0.0920. The highest BCUT2D eigenvalue weighted by molar-refractivity contribution is 6.31. The number of anilines is 1. The van der Waals surface area contributed by atoms with E-state index in [1.54, 1.807) is 18.2 Å². The maximum atomic E-state index is 12.1. The van der Waals surface area contributed by atoms with Crippen LogP contribution in [0.3, 0.4) is 0 Å². The molecule has 106 valence electrons. The van der Waals surface area contributed by atoms with Crippen molar-refractivity contribution in [1.82, 2.24) is 4.90 Å². The van der Waals surface area contributed by atoms with Crippen molar-refractivity contribution in [1.29, 1.82) is 5.26 Å². The van der Waals surface area contributed by atoms with Crippen LogP contribution < -0.4 is 5.32 Å². The SMILES string of the molecule is N#Cc1ccc(Cl)cc1NC(=O)CN1CCCCCC1. The molecule has 4 nitrogen and oxygen atoms in total. The van der Waals surface area contributed by atoms with Gasteiger partial charge in [-0.05, 0) is 44.1 Å². The van der Waals surface area contributed by atoms with Crippen molar-refractivity contribution in [3.8, 4) is 6.07 Å². The number of carbonyl (C=O) groups excluding carboxylic acids is 1. The fourth-order valence-corrected chi connectivity index (χ4v) is 2.58. The van der Waals surface area contributed by atoms with Gasteiger partial charge in [0.2, 0.25) is 5.91 Å². The summed E-state index contributed by atoms with van der Waals surface area (Å²) < 4.78 is 0. The normalized spacial score (nSPS) is 16.2. The van der Waals surface area contributed by atoms with E-state index in [9.17, 15) is 4.79 Å². The van der Waals surface area contributed by atoms with Gasteiger partial charge in [-0.15, -0.1) is 0 Å². The van der Waals surface area contributed by atoms with Crippen LogP contribution in [0.5, 0.6) is 0 Å². The number of likely N-dealkylation sites (tertiary alicyclic amines) is 1. The average molecular weight is 292 g/mol. The molecule has 1 aromatic rings. The molecule has 1 saturated heterocycles. The molecule has 1 amide bonds. The minimum absolute atomic E-state index is 0.0920. The summed E-state index contributed by atoms with van der Waals surface area (Å²) in [7, 11) is 0. The van der Waals surface area contributed by atoms with Gasteiger partial charge in [-0.2, -0.15) is 5.26 Å². The first-order valence-corrected chi connectivity index (χ1v) is 7.28. The number of amides is 1. The third-order valence-electron chi connectivity index (χ3n) is 3.44. The molecule has 20 heavy (non-hydrogen) atoms. The summed E-state index contributed by atoms with van der Waals surface area (Å²) in [6.07, 6.45) is 4.78. The first kappa shape index (κ1) is 14.8. The van der Waals surface area contributed by atoms with Crippen molar-refractivity contribution >= 4 is 23.2 Å². The van der Waals surface area contributed by atoms with E-state index in [0.717, 1.165) is 25.9 Å². The van der Waals surface area contributed by atoms with Crippen molar-refractivity contribution < 1.29 is 4.79 Å². The van der Waals surface area contributed by atoms with Crippen LogP contribution in [0.15, 0.2) is 18.2 Å². The Hall–Kier alpha value is -1.57. The molecule has 1 fully saturated rings. The number of nitrogens with one attached hydrogen (secondary N) is 1. The Labute approximate surface area is 124 Å². The Morgan fingerprint density at radius 2 is 2.00 bits per heavy atom. The van der Waals surface area contributed by atoms with Gasteiger partial charge < -0.3 is 5.32 Å². The molecule has 0 saturated carbocycles. The zero-order chi connectivity index (χ0) is 14.4. The zero-order valence-electron chi connectivity index (χ0n) is 11.4. The van der Waals surface area contributed by atoms with Gasteiger partial charge in [-0.1, -0.05) is 24.4 Å². The first-order valence-electron chi connectivity index (χ1n) is 6.91. The predicted molar refractivity (Wildman–Crippen MR) is 79.7 cm³/mol. The summed E-state index contributed by atoms with van der Waals surface area (Å²) in [5, 5.41) is 12.3. The zero-order valence-corrected chi connectivity index (χ0v) is 12.1. The van der Waals surface area contributed by atoms with Crippen molar-refractivity contribution in [2.75, 3.05) is 25.0 Å². The maximum Gasteiger partial charge on any atom is 0.238 e. The molecule has 0 atom stereocenters. The number of carbonyl (C=O) groups is 1. The summed E-state index contributed by atoms with van der Waals surface area (Å²) in [5.41, 5.74) is 0.915. The highest BCUT2D eigenvalue weighted by Crippen LogP contribution is 2.20. The highest BCUT2D eigenvalue weighted by Gasteiger charge is 2.14. The van der Waals surface area contributed by atoms with E-state index >= 15 is 0 Å². The van der Waals surface area contributed by atoms with E-state index in [2.05, 4.69) is 16.3 Å². The van der Waals surface area contributed by atoms with Crippen LogP contribution in [0.1, 0.15) is 31.2 Å². The van der Waals surface area contributed by atoms with Crippen LogP contribution in [-0.4, -0.2) is 30.4 Å². The molecule has 0 spiro atoms. The van der Waals surface area contributed by atoms with Crippen molar-refractivity contribution in [2.24, 2.45) is 0 Å². The molecule has 1 aliphatic heterocycles. The third-order valence-corrected chi connectivity index (χ3v) is 3.68. The quantitative estimate of drug-likeness (QED) is 0.931. The van der Waals surface area contributed by atoms with Crippen molar-refractivity contribution in [2.45, 2.75) is 25.7 Å². The minimum Gasteiger partial charge on any atom is -0.324 e. The lowest BCUT2D eigenvalue weighted by Crippen LogP contribution is -2.34. The smallest absolute Gasteiger partial charge is 0.238 e. The number of rotatable bonds is 3. The van der Waals surface area contributed by atoms with Crippen LogP contribution >= 0.6 is 11.6 Å². The van der Waals surface area contributed by atoms with Gasteiger partial charge in [-0.25, -0.2) is 0 Å². The monoisotopic (exact) mass is 291 g/mol. The van der Waals surface area contributed by atoms with Crippen LogP contribution in [0, 0.1) is 11.3 Å². The van der Waals surface area contributed by atoms with E-state index in [-0.39, 0.29) is 5.91 Å². The molecular weight excluding hydrogens is 274 g/mol. The molecule has 1 aliphatic rings. The predicted octanol–water partition coefficient (Wildman–Crippen LogP) is 3.03. The molecule has 1 N–H and O–H groups in total. The molecule has 5 heteroatoms. The number of nitrogens with zero attached hydrogens (tertiary/aromatic N) is 2. The van der Waals surface area contributed by atoms with Gasteiger partial charge >= 0.3 is 0 Å². The lowest BCUT2D eigenvalue weighted by molar-refractivity contribution is -0.117. The van der Waals surface area contributed by atoms with E-state index in [4.69, 9.17) is 16.9 Å². The molecule has 1 heterocycles. The summed E-state index contributed by atoms with van der Waals surface area (Å²) in [6, 6.07) is 6.92. The molecule has 2 rings (SSSR count). The minimum atomic E-state index is -0.0920. The van der Waals surface area contributed by atoms with Crippen LogP contribution in [0.4, 0.5) is 5.69 Å². The largest absolute Gasteiger partial charge is 0.324 e. The molecule has 1 aromatic carbocycles. The molecule has 0 aliphatic carbocycles. The highest BCUT2D eigenvalue weighted by atomic mass is 35.5. The van der Waals surface area contributed by atoms with E-state index < -0.39 is 0 Å². The maximum absolute atomic E-state index is 12.1. The average Bonchev–Trinajstić information content (AvgIpc) is 2.67. The van der Waals surface area contributed by atoms with Gasteiger partial charge in [-0.3, -0.25) is 9.69 Å². The number of hydrogen-bond acceptors (Lipinski definition) is 3. The summed E-state index contributed by atoms with van der Waals surface area (Å²) in [4.78, 5) is 14.2. The first-order chi connectivity index (χ1) is 9.69.